The summed E-state index contributed by atoms with van der Waals surface area (Å²) >= 11 is 0. The van der Waals surface area contributed by atoms with Crippen molar-refractivity contribution in [3.63, 3.8) is 0 Å². The average Bonchev–Trinajstić information content (AvgIpc) is 1.30. The van der Waals surface area contributed by atoms with Crippen LogP contribution in [0.5, 0.6) is 0 Å². The van der Waals surface area contributed by atoms with E-state index in [1.807, 2.05) is 5.09 Å². The van der Waals surface area contributed by atoms with Crippen molar-refractivity contribution in [1.29, 1.82) is 0 Å². The van der Waals surface area contributed by atoms with E-state index in [9.17, 15) is 4.53 Å². The molecule has 0 fully saturated rings. The Balaban J connectivity index is 0. The summed E-state index contributed by atoms with van der Waals surface area (Å²) in [4.78, 5) is 0. The van der Waals surface area contributed by atoms with Crippen molar-refractivity contribution in [3.05, 3.63) is 0 Å². The van der Waals surface area contributed by atoms with Crippen LogP contribution in [-0.2, 0) is 19.8 Å². The fraction of sp³-hybridized carbons (Fsp3) is 0. The molecular weight excluding hydrogens is 264 g/mol. The van der Waals surface area contributed by atoms with Crippen molar-refractivity contribution in [2.75, 3.05) is 0 Å². The van der Waals surface area contributed by atoms with Crippen molar-refractivity contribution < 1.29 is 95.8 Å². The summed E-state index contributed by atoms with van der Waals surface area (Å²) in [5, 5.41) is 2.01. The Morgan fingerprint density at radius 3 is 1.88 bits per heavy atom. The molecule has 0 unspecified atom stereocenters. The SMILES string of the molecule is O=S(=O)([O-])OOF.[Cs+]. The van der Waals surface area contributed by atoms with Crippen LogP contribution < -0.4 is 68.9 Å². The minimum Gasteiger partial charge on any atom is -0.724 e. The van der Waals surface area contributed by atoms with Gasteiger partial charge in [-0.3, -0.25) is 0 Å². The average molecular weight is 264 g/mol. The molecule has 0 radical (unpaired) electrons. The summed E-state index contributed by atoms with van der Waals surface area (Å²) in [5.74, 6) is 0. The second kappa shape index (κ2) is 5.59. The molecule has 0 rings (SSSR count). The monoisotopic (exact) mass is 264 g/mol. The van der Waals surface area contributed by atoms with Gasteiger partial charge in [0.05, 0.1) is 0 Å². The minimum absolute atomic E-state index is 0. The summed E-state index contributed by atoms with van der Waals surface area (Å²) in [6, 6.07) is 0. The van der Waals surface area contributed by atoms with Crippen molar-refractivity contribution in [2.24, 2.45) is 0 Å². The van der Waals surface area contributed by atoms with Crippen LogP contribution in [0.25, 0.3) is 0 Å². The van der Waals surface area contributed by atoms with Gasteiger partial charge in [0, 0.05) is 0 Å². The van der Waals surface area contributed by atoms with Crippen LogP contribution in [0.2, 0.25) is 0 Å². The molecule has 0 saturated heterocycles. The van der Waals surface area contributed by atoms with Gasteiger partial charge in [-0.05, 0) is 9.62 Å². The topological polar surface area (TPSA) is 75.7 Å². The molecule has 0 aromatic heterocycles. The molecule has 0 saturated carbocycles. The first-order valence-corrected chi connectivity index (χ1v) is 2.32. The summed E-state index contributed by atoms with van der Waals surface area (Å²) < 4.78 is 39.9. The third-order valence-electron chi connectivity index (χ3n) is 0.109. The first-order chi connectivity index (χ1) is 3.06. The first-order valence-electron chi connectivity index (χ1n) is 0.988. The zero-order chi connectivity index (χ0) is 5.91. The third-order valence-corrected chi connectivity index (χ3v) is 0.327. The quantitative estimate of drug-likeness (QED) is 0.222. The minimum atomic E-state index is -5.02. The van der Waals surface area contributed by atoms with Crippen LogP contribution in [-0.4, -0.2) is 13.0 Å². The molecule has 0 bridgehead atoms. The molecule has 8 heteroatoms. The van der Waals surface area contributed by atoms with Gasteiger partial charge >= 0.3 is 68.9 Å². The molecule has 0 spiro atoms. The number of hydrogen-bond donors (Lipinski definition) is 0. The Morgan fingerprint density at radius 2 is 1.88 bits per heavy atom. The van der Waals surface area contributed by atoms with E-state index in [2.05, 4.69) is 4.33 Å². The van der Waals surface area contributed by atoms with Crippen molar-refractivity contribution in [1.82, 2.24) is 0 Å². The Hall–Kier alpha value is 1.81. The van der Waals surface area contributed by atoms with E-state index < -0.39 is 10.4 Å². The molecule has 0 aliphatic heterocycles. The maximum absolute atomic E-state index is 10.2. The van der Waals surface area contributed by atoms with Crippen LogP contribution in [0.3, 0.4) is 0 Å². The molecular formula is CsFO5S. The van der Waals surface area contributed by atoms with Crippen LogP contribution in [0.15, 0.2) is 0 Å². The van der Waals surface area contributed by atoms with Gasteiger partial charge in [-0.2, -0.15) is 0 Å². The third kappa shape index (κ3) is 10.7. The van der Waals surface area contributed by atoms with Crippen LogP contribution in [0.4, 0.5) is 4.53 Å². The van der Waals surface area contributed by atoms with Gasteiger partial charge < -0.3 is 4.55 Å². The molecule has 0 aliphatic carbocycles. The van der Waals surface area contributed by atoms with Crippen molar-refractivity contribution in [2.45, 2.75) is 0 Å². The maximum Gasteiger partial charge on any atom is 1.00 e. The second-order valence-electron chi connectivity index (χ2n) is 0.539. The number of hydrogen-bond acceptors (Lipinski definition) is 5. The fourth-order valence-corrected chi connectivity index (χ4v) is 0.0945. The maximum atomic E-state index is 10.2. The van der Waals surface area contributed by atoms with Crippen LogP contribution in [0, 0.1) is 0 Å². The van der Waals surface area contributed by atoms with E-state index >= 15 is 0 Å². The molecule has 0 N–H and O–H groups in total. The van der Waals surface area contributed by atoms with Crippen molar-refractivity contribution >= 4 is 10.4 Å². The van der Waals surface area contributed by atoms with Crippen LogP contribution in [0.1, 0.15) is 0 Å². The smallest absolute Gasteiger partial charge is 0.724 e. The Labute approximate surface area is 104 Å². The molecule has 44 valence electrons. The molecule has 0 amide bonds. The van der Waals surface area contributed by atoms with E-state index in [0.29, 0.717) is 0 Å². The largest absolute Gasteiger partial charge is 1.00 e. The molecule has 0 heterocycles. The second-order valence-corrected chi connectivity index (χ2v) is 1.49. The van der Waals surface area contributed by atoms with Gasteiger partial charge in [-0.15, -0.1) is 0 Å². The molecule has 0 aliphatic rings. The predicted octanol–water partition coefficient (Wildman–Crippen LogP) is -3.72. The van der Waals surface area contributed by atoms with Crippen LogP contribution >= 0.6 is 0 Å². The fourth-order valence-electron chi connectivity index (χ4n) is 0.0315. The first kappa shape index (κ1) is 12.5. The van der Waals surface area contributed by atoms with Gasteiger partial charge in [0.15, 0.2) is 0 Å². The van der Waals surface area contributed by atoms with E-state index in [1.165, 1.54) is 0 Å². The Morgan fingerprint density at radius 1 is 1.50 bits per heavy atom. The Kier molecular flexibility index (Phi) is 8.72. The zero-order valence-electron chi connectivity index (χ0n) is 3.83. The molecule has 8 heavy (non-hydrogen) atoms. The van der Waals surface area contributed by atoms with E-state index in [0.717, 1.165) is 0 Å². The van der Waals surface area contributed by atoms with Gasteiger partial charge in [0.25, 0.3) is 0 Å². The molecule has 0 atom stereocenters. The standard InChI is InChI=1S/Cs.FHO5S/c;1-5-6-7(2,3)4/h;(H,2,3,4)/q+1;/p-1. The normalized spacial score (nSPS) is 10.2. The number of halogens is 1. The van der Waals surface area contributed by atoms with E-state index in [4.69, 9.17) is 13.0 Å². The van der Waals surface area contributed by atoms with Crippen molar-refractivity contribution in [3.8, 4) is 0 Å². The summed E-state index contributed by atoms with van der Waals surface area (Å²) in [6.45, 7) is 0. The van der Waals surface area contributed by atoms with Gasteiger partial charge in [-0.25, -0.2) is 8.42 Å². The molecule has 0 aromatic carbocycles. The Bertz CT molecular complexity index is 125. The summed E-state index contributed by atoms with van der Waals surface area (Å²) in [7, 11) is -5.02. The van der Waals surface area contributed by atoms with E-state index in [-0.39, 0.29) is 68.9 Å². The molecule has 5 nitrogen and oxygen atoms in total. The van der Waals surface area contributed by atoms with Gasteiger partial charge in [0.1, 0.15) is 0 Å². The van der Waals surface area contributed by atoms with Gasteiger partial charge in [-0.1, -0.05) is 4.33 Å². The molecule has 0 aromatic rings. The predicted molar refractivity (Wildman–Crippen MR) is 13.0 cm³/mol. The number of rotatable bonds is 2. The summed E-state index contributed by atoms with van der Waals surface area (Å²) in [5.41, 5.74) is 0. The zero-order valence-corrected chi connectivity index (χ0v) is 10.9. The summed E-state index contributed by atoms with van der Waals surface area (Å²) in [6.07, 6.45) is 0. The van der Waals surface area contributed by atoms with Gasteiger partial charge in [0.2, 0.25) is 10.4 Å². The van der Waals surface area contributed by atoms with E-state index in [1.54, 1.807) is 0 Å².